The molecule has 23 heavy (non-hydrogen) atoms. The number of carbonyl (C=O) groups excluding carboxylic acids is 1. The Morgan fingerprint density at radius 2 is 2.04 bits per heavy atom. The van der Waals surface area contributed by atoms with Crippen LogP contribution in [0.5, 0.6) is 0 Å². The van der Waals surface area contributed by atoms with Gasteiger partial charge in [-0.2, -0.15) is 0 Å². The van der Waals surface area contributed by atoms with Crippen molar-refractivity contribution < 1.29 is 9.90 Å². The summed E-state index contributed by atoms with van der Waals surface area (Å²) < 4.78 is 0. The van der Waals surface area contributed by atoms with Gasteiger partial charge in [0.15, 0.2) is 0 Å². The molecular formula is C17H24ClN3O2. The van der Waals surface area contributed by atoms with Crippen LogP contribution in [0.4, 0.5) is 4.79 Å². The Morgan fingerprint density at radius 3 is 2.74 bits per heavy atom. The molecule has 1 aromatic rings. The number of carbonyl (C=O) groups is 1. The molecule has 5 nitrogen and oxygen atoms in total. The molecule has 0 bridgehead atoms. The van der Waals surface area contributed by atoms with Gasteiger partial charge in [0.2, 0.25) is 0 Å². The minimum atomic E-state index is -0.0548. The maximum absolute atomic E-state index is 12.6. The number of aliphatic hydroxyl groups excluding tert-OH is 1. The van der Waals surface area contributed by atoms with E-state index in [-0.39, 0.29) is 30.8 Å². The predicted octanol–water partition coefficient (Wildman–Crippen LogP) is 2.25. The zero-order valence-corrected chi connectivity index (χ0v) is 14.2. The lowest BCUT2D eigenvalue weighted by atomic mass is 10.0. The van der Waals surface area contributed by atoms with Gasteiger partial charge in [0.25, 0.3) is 0 Å². The van der Waals surface area contributed by atoms with Crippen LogP contribution in [0.15, 0.2) is 24.3 Å². The van der Waals surface area contributed by atoms with E-state index in [1.54, 1.807) is 4.90 Å². The number of likely N-dealkylation sites (tertiary alicyclic amines) is 2. The second-order valence-corrected chi connectivity index (χ2v) is 6.93. The Hall–Kier alpha value is -1.30. The van der Waals surface area contributed by atoms with Gasteiger partial charge in [-0.1, -0.05) is 23.7 Å². The molecule has 0 spiro atoms. The lowest BCUT2D eigenvalue weighted by molar-refractivity contribution is 0.152. The summed E-state index contributed by atoms with van der Waals surface area (Å²) in [6.07, 6.45) is 2.77. The van der Waals surface area contributed by atoms with Crippen LogP contribution in [0.3, 0.4) is 0 Å². The first kappa shape index (κ1) is 16.6. The average molecular weight is 338 g/mol. The summed E-state index contributed by atoms with van der Waals surface area (Å²) in [5.41, 5.74) is 1.17. The van der Waals surface area contributed by atoms with Crippen LogP contribution in [0.1, 0.15) is 30.9 Å². The molecule has 2 heterocycles. The molecule has 0 aliphatic carbocycles. The highest BCUT2D eigenvalue weighted by Crippen LogP contribution is 2.32. The van der Waals surface area contributed by atoms with Crippen molar-refractivity contribution in [2.24, 2.45) is 0 Å². The van der Waals surface area contributed by atoms with E-state index >= 15 is 0 Å². The van der Waals surface area contributed by atoms with Gasteiger partial charge < -0.3 is 15.3 Å². The maximum Gasteiger partial charge on any atom is 0.318 e. The molecule has 2 fully saturated rings. The molecule has 2 N–H and O–H groups in total. The van der Waals surface area contributed by atoms with Crippen molar-refractivity contribution >= 4 is 17.6 Å². The first-order valence-electron chi connectivity index (χ1n) is 8.24. The topological polar surface area (TPSA) is 55.8 Å². The van der Waals surface area contributed by atoms with Crippen LogP contribution < -0.4 is 5.32 Å². The molecule has 0 saturated carbocycles. The number of urea groups is 1. The highest BCUT2D eigenvalue weighted by atomic mass is 35.5. The molecule has 1 aromatic carbocycles. The standard InChI is InChI=1S/C17H24ClN3O2/c1-20-10-8-15(16(20)12-4-6-13(18)7-5-12)19-17(23)21-9-2-3-14(21)11-22/h4-7,14-16,22H,2-3,8-11H2,1H3,(H,19,23). The summed E-state index contributed by atoms with van der Waals surface area (Å²) in [7, 11) is 2.08. The third-order valence-electron chi connectivity index (χ3n) is 5.02. The van der Waals surface area contributed by atoms with Crippen molar-refractivity contribution in [2.45, 2.75) is 37.4 Å². The van der Waals surface area contributed by atoms with Gasteiger partial charge >= 0.3 is 6.03 Å². The summed E-state index contributed by atoms with van der Waals surface area (Å²) in [5, 5.41) is 13.3. The molecule has 2 aliphatic rings. The third-order valence-corrected chi connectivity index (χ3v) is 5.27. The van der Waals surface area contributed by atoms with E-state index in [0.29, 0.717) is 0 Å². The van der Waals surface area contributed by atoms with Gasteiger partial charge in [-0.25, -0.2) is 4.79 Å². The summed E-state index contributed by atoms with van der Waals surface area (Å²) in [6.45, 7) is 1.71. The van der Waals surface area contributed by atoms with E-state index in [0.717, 1.165) is 37.4 Å². The van der Waals surface area contributed by atoms with Crippen molar-refractivity contribution in [1.29, 1.82) is 0 Å². The van der Waals surface area contributed by atoms with E-state index in [4.69, 9.17) is 11.6 Å². The summed E-state index contributed by atoms with van der Waals surface area (Å²) >= 11 is 5.98. The number of benzene rings is 1. The summed E-state index contributed by atoms with van der Waals surface area (Å²) in [4.78, 5) is 16.6. The Bertz CT molecular complexity index is 551. The summed E-state index contributed by atoms with van der Waals surface area (Å²) in [6, 6.07) is 7.98. The van der Waals surface area contributed by atoms with Gasteiger partial charge in [0, 0.05) is 18.1 Å². The van der Waals surface area contributed by atoms with E-state index in [9.17, 15) is 9.90 Å². The highest BCUT2D eigenvalue weighted by Gasteiger charge is 2.36. The van der Waals surface area contributed by atoms with Crippen LogP contribution in [0.25, 0.3) is 0 Å². The molecule has 3 unspecified atom stereocenters. The molecule has 3 atom stereocenters. The van der Waals surface area contributed by atoms with E-state index in [1.807, 2.05) is 24.3 Å². The Balaban J connectivity index is 1.71. The van der Waals surface area contributed by atoms with Crippen molar-refractivity contribution in [3.05, 3.63) is 34.9 Å². The molecule has 0 radical (unpaired) electrons. The Kier molecular flexibility index (Phi) is 5.09. The highest BCUT2D eigenvalue weighted by molar-refractivity contribution is 6.30. The van der Waals surface area contributed by atoms with Gasteiger partial charge in [0.05, 0.1) is 24.7 Å². The molecular weight excluding hydrogens is 314 g/mol. The molecule has 126 valence electrons. The molecule has 2 amide bonds. The zero-order chi connectivity index (χ0) is 16.4. The second kappa shape index (κ2) is 7.07. The molecule has 3 rings (SSSR count). The van der Waals surface area contributed by atoms with Crippen molar-refractivity contribution in [1.82, 2.24) is 15.1 Å². The minimum Gasteiger partial charge on any atom is -0.394 e. The molecule has 2 saturated heterocycles. The number of rotatable bonds is 3. The second-order valence-electron chi connectivity index (χ2n) is 6.49. The third kappa shape index (κ3) is 3.47. The van der Waals surface area contributed by atoms with Crippen molar-refractivity contribution in [3.63, 3.8) is 0 Å². The number of amides is 2. The van der Waals surface area contributed by atoms with Gasteiger partial charge in [-0.3, -0.25) is 4.90 Å². The van der Waals surface area contributed by atoms with Crippen molar-refractivity contribution in [2.75, 3.05) is 26.7 Å². The Morgan fingerprint density at radius 1 is 1.30 bits per heavy atom. The number of hydrogen-bond acceptors (Lipinski definition) is 3. The molecule has 0 aromatic heterocycles. The van der Waals surface area contributed by atoms with Gasteiger partial charge in [0.1, 0.15) is 0 Å². The van der Waals surface area contributed by atoms with E-state index in [2.05, 4.69) is 17.3 Å². The first-order chi connectivity index (χ1) is 11.1. The quantitative estimate of drug-likeness (QED) is 0.889. The van der Waals surface area contributed by atoms with Crippen LogP contribution >= 0.6 is 11.6 Å². The fourth-order valence-corrected chi connectivity index (χ4v) is 3.91. The van der Waals surface area contributed by atoms with E-state index in [1.165, 1.54) is 5.56 Å². The number of hydrogen-bond donors (Lipinski definition) is 2. The first-order valence-corrected chi connectivity index (χ1v) is 8.61. The van der Waals surface area contributed by atoms with Crippen LogP contribution in [0.2, 0.25) is 5.02 Å². The molecule has 2 aliphatic heterocycles. The SMILES string of the molecule is CN1CCC(NC(=O)N2CCCC2CO)C1c1ccc(Cl)cc1. The van der Waals surface area contributed by atoms with Gasteiger partial charge in [-0.15, -0.1) is 0 Å². The number of aliphatic hydroxyl groups is 1. The van der Waals surface area contributed by atoms with Crippen LogP contribution in [0, 0.1) is 0 Å². The van der Waals surface area contributed by atoms with Crippen LogP contribution in [-0.4, -0.2) is 59.8 Å². The van der Waals surface area contributed by atoms with Crippen LogP contribution in [-0.2, 0) is 0 Å². The normalized spacial score (nSPS) is 28.3. The maximum atomic E-state index is 12.6. The summed E-state index contributed by atoms with van der Waals surface area (Å²) in [5.74, 6) is 0. The number of halogens is 1. The predicted molar refractivity (Wildman–Crippen MR) is 90.6 cm³/mol. The zero-order valence-electron chi connectivity index (χ0n) is 13.4. The fourth-order valence-electron chi connectivity index (χ4n) is 3.78. The lowest BCUT2D eigenvalue weighted by Crippen LogP contribution is -2.49. The lowest BCUT2D eigenvalue weighted by Gasteiger charge is -2.30. The monoisotopic (exact) mass is 337 g/mol. The number of nitrogens with zero attached hydrogens (tertiary/aromatic N) is 2. The minimum absolute atomic E-state index is 0.0388. The largest absolute Gasteiger partial charge is 0.394 e. The fraction of sp³-hybridized carbons (Fsp3) is 0.588. The average Bonchev–Trinajstić information content (AvgIpc) is 3.15. The Labute approximate surface area is 142 Å². The van der Waals surface area contributed by atoms with E-state index < -0.39 is 0 Å². The van der Waals surface area contributed by atoms with Gasteiger partial charge in [-0.05, 0) is 44.0 Å². The van der Waals surface area contributed by atoms with Crippen molar-refractivity contribution in [3.8, 4) is 0 Å². The number of nitrogens with one attached hydrogen (secondary N) is 1. The smallest absolute Gasteiger partial charge is 0.318 e. The molecule has 6 heteroatoms. The number of likely N-dealkylation sites (N-methyl/N-ethyl adjacent to an activating group) is 1.